The minimum atomic E-state index is -1.33. The summed E-state index contributed by atoms with van der Waals surface area (Å²) in [5.74, 6) is -4.86. The summed E-state index contributed by atoms with van der Waals surface area (Å²) in [6, 6.07) is -5.14. The third kappa shape index (κ3) is 11.2. The number of nitrogens with zero attached hydrogens (tertiary/aromatic N) is 1. The normalized spacial score (nSPS) is 14.1. The van der Waals surface area contributed by atoms with E-state index in [4.69, 9.17) is 17.2 Å². The molecule has 4 atom stereocenters. The van der Waals surface area contributed by atoms with Crippen LogP contribution < -0.4 is 33.2 Å². The summed E-state index contributed by atoms with van der Waals surface area (Å²) in [5.41, 5.74) is 16.4. The van der Waals surface area contributed by atoms with E-state index in [1.165, 1.54) is 24.3 Å². The molecule has 0 aliphatic rings. The Morgan fingerprint density at radius 2 is 1.58 bits per heavy atom. The average Bonchev–Trinajstić information content (AvgIpc) is 3.30. The number of nitrogens with one attached hydrogen (secondary N) is 4. The number of rotatable bonds is 17. The predicted octanol–water partition coefficient (Wildman–Crippen LogP) is -3.29. The number of aliphatic carboxylic acids is 1. The molecule has 16 heteroatoms. The zero-order valence-corrected chi connectivity index (χ0v) is 20.5. The second-order valence-electron chi connectivity index (χ2n) is 7.87. The maximum atomic E-state index is 13.1. The summed E-state index contributed by atoms with van der Waals surface area (Å²) in [5, 5.41) is 16.6. The van der Waals surface area contributed by atoms with E-state index in [1.54, 1.807) is 6.26 Å². The lowest BCUT2D eigenvalue weighted by atomic mass is 10.1. The number of H-pyrrole nitrogens is 1. The molecule has 0 bridgehead atoms. The number of hydrogen-bond donors (Lipinski definition) is 8. The van der Waals surface area contributed by atoms with Crippen molar-refractivity contribution < 1.29 is 33.9 Å². The van der Waals surface area contributed by atoms with E-state index < -0.39 is 66.1 Å². The summed E-state index contributed by atoms with van der Waals surface area (Å²) >= 11 is 1.39. The molecular formula is C20H32N8O7S. The van der Waals surface area contributed by atoms with Crippen LogP contribution in [0.15, 0.2) is 12.5 Å². The lowest BCUT2D eigenvalue weighted by molar-refractivity contribution is -0.142. The summed E-state index contributed by atoms with van der Waals surface area (Å²) in [7, 11) is 0. The predicted molar refractivity (Wildman–Crippen MR) is 129 cm³/mol. The smallest absolute Gasteiger partial charge is 0.326 e. The van der Waals surface area contributed by atoms with Crippen molar-refractivity contribution in [1.82, 2.24) is 25.9 Å². The van der Waals surface area contributed by atoms with Crippen molar-refractivity contribution in [2.75, 3.05) is 12.0 Å². The van der Waals surface area contributed by atoms with Gasteiger partial charge in [0.15, 0.2) is 0 Å². The fourth-order valence-corrected chi connectivity index (χ4v) is 3.48. The molecule has 15 nitrogen and oxygen atoms in total. The molecule has 0 aliphatic heterocycles. The molecule has 1 aromatic heterocycles. The largest absolute Gasteiger partial charge is 0.480 e. The molecule has 0 aliphatic carbocycles. The first-order valence-corrected chi connectivity index (χ1v) is 12.3. The van der Waals surface area contributed by atoms with Gasteiger partial charge in [-0.1, -0.05) is 0 Å². The Bertz CT molecular complexity index is 927. The average molecular weight is 529 g/mol. The zero-order valence-electron chi connectivity index (χ0n) is 19.7. The third-order valence-electron chi connectivity index (χ3n) is 4.91. The number of nitrogens with two attached hydrogens (primary N) is 3. The van der Waals surface area contributed by atoms with Crippen molar-refractivity contribution in [1.29, 1.82) is 0 Å². The fourth-order valence-electron chi connectivity index (χ4n) is 3.01. The van der Waals surface area contributed by atoms with Gasteiger partial charge in [0.05, 0.1) is 18.8 Å². The molecule has 0 saturated carbocycles. The number of aromatic amines is 1. The van der Waals surface area contributed by atoms with Crippen molar-refractivity contribution in [3.05, 3.63) is 18.2 Å². The van der Waals surface area contributed by atoms with Crippen LogP contribution in [-0.2, 0) is 35.2 Å². The number of primary amides is 2. The Balaban J connectivity index is 3.06. The van der Waals surface area contributed by atoms with Gasteiger partial charge in [-0.3, -0.25) is 24.0 Å². The maximum Gasteiger partial charge on any atom is 0.326 e. The van der Waals surface area contributed by atoms with Crippen LogP contribution in [-0.4, -0.2) is 86.8 Å². The van der Waals surface area contributed by atoms with Crippen molar-refractivity contribution in [2.45, 2.75) is 56.3 Å². The summed E-state index contributed by atoms with van der Waals surface area (Å²) in [6.45, 7) is 0. The van der Waals surface area contributed by atoms with E-state index in [1.807, 2.05) is 0 Å². The van der Waals surface area contributed by atoms with Gasteiger partial charge in [0.1, 0.15) is 18.1 Å². The van der Waals surface area contributed by atoms with Crippen LogP contribution in [0.25, 0.3) is 0 Å². The van der Waals surface area contributed by atoms with E-state index in [9.17, 15) is 33.9 Å². The van der Waals surface area contributed by atoms with Crippen molar-refractivity contribution >= 4 is 47.3 Å². The number of imidazole rings is 1. The lowest BCUT2D eigenvalue weighted by Gasteiger charge is -2.25. The van der Waals surface area contributed by atoms with Crippen LogP contribution in [0.2, 0.25) is 0 Å². The highest BCUT2D eigenvalue weighted by Crippen LogP contribution is 2.06. The second kappa shape index (κ2) is 15.4. The highest BCUT2D eigenvalue weighted by atomic mass is 32.2. The van der Waals surface area contributed by atoms with Crippen molar-refractivity contribution in [3.63, 3.8) is 0 Å². The minimum absolute atomic E-state index is 0.0868. The second-order valence-corrected chi connectivity index (χ2v) is 8.85. The summed E-state index contributed by atoms with van der Waals surface area (Å²) < 4.78 is 0. The van der Waals surface area contributed by atoms with Gasteiger partial charge < -0.3 is 43.2 Å². The van der Waals surface area contributed by atoms with Gasteiger partial charge in [0.2, 0.25) is 29.5 Å². The van der Waals surface area contributed by atoms with E-state index in [-0.39, 0.29) is 25.7 Å². The number of amides is 5. The lowest BCUT2D eigenvalue weighted by Crippen LogP contribution is -2.58. The van der Waals surface area contributed by atoms with Gasteiger partial charge in [-0.05, 0) is 24.9 Å². The monoisotopic (exact) mass is 528 g/mol. The molecule has 36 heavy (non-hydrogen) atoms. The van der Waals surface area contributed by atoms with Crippen LogP contribution in [0, 0.1) is 0 Å². The molecule has 0 fully saturated rings. The zero-order chi connectivity index (χ0) is 27.3. The number of aromatic nitrogens is 2. The molecule has 4 unspecified atom stereocenters. The summed E-state index contributed by atoms with van der Waals surface area (Å²) in [4.78, 5) is 78.9. The maximum absolute atomic E-state index is 13.1. The van der Waals surface area contributed by atoms with Gasteiger partial charge in [-0.25, -0.2) is 9.78 Å². The van der Waals surface area contributed by atoms with Crippen molar-refractivity contribution in [3.8, 4) is 0 Å². The van der Waals surface area contributed by atoms with E-state index in [0.29, 0.717) is 11.4 Å². The number of carbonyl (C=O) groups excluding carboxylic acids is 5. The highest BCUT2D eigenvalue weighted by Gasteiger charge is 2.31. The molecule has 0 aromatic carbocycles. The van der Waals surface area contributed by atoms with Crippen LogP contribution in [0.3, 0.4) is 0 Å². The Kier molecular flexibility index (Phi) is 13.0. The Morgan fingerprint density at radius 1 is 0.972 bits per heavy atom. The topological polar surface area (TPSA) is 265 Å². The molecule has 200 valence electrons. The first-order valence-electron chi connectivity index (χ1n) is 10.9. The first-order chi connectivity index (χ1) is 16.9. The standard InChI is InChI=1S/C20H32N8O7S/c1-36-5-4-13(20(34)35)27-18(32)12(2-3-15(22)29)26-19(33)14(6-10-8-24-9-25-10)28-17(31)11(21)7-16(23)30/h8-9,11-14H,2-7,21H2,1H3,(H2,22,29)(H2,23,30)(H,24,25)(H,26,33)(H,27,32)(H,28,31)(H,34,35). The number of thioether (sulfide) groups is 1. The quantitative estimate of drug-likeness (QED) is 0.0998. The number of carboxylic acids is 1. The van der Waals surface area contributed by atoms with E-state index in [2.05, 4.69) is 25.9 Å². The minimum Gasteiger partial charge on any atom is -0.480 e. The molecule has 0 spiro atoms. The van der Waals surface area contributed by atoms with Gasteiger partial charge in [-0.15, -0.1) is 0 Å². The Hall–Kier alpha value is -3.66. The Labute approximate surface area is 211 Å². The summed E-state index contributed by atoms with van der Waals surface area (Å²) in [6.07, 6.45) is 3.65. The molecule has 11 N–H and O–H groups in total. The van der Waals surface area contributed by atoms with Crippen LogP contribution in [0.1, 0.15) is 31.4 Å². The van der Waals surface area contributed by atoms with Gasteiger partial charge >= 0.3 is 5.97 Å². The van der Waals surface area contributed by atoms with Crippen LogP contribution in [0.4, 0.5) is 0 Å². The highest BCUT2D eigenvalue weighted by molar-refractivity contribution is 7.98. The molecule has 1 rings (SSSR count). The van der Waals surface area contributed by atoms with Gasteiger partial charge in [0.25, 0.3) is 0 Å². The SMILES string of the molecule is CSCCC(NC(=O)C(CCC(N)=O)NC(=O)C(Cc1cnc[nH]1)NC(=O)C(N)CC(N)=O)C(=O)O. The number of carboxylic acid groups (broad SMARTS) is 1. The first kappa shape index (κ1) is 30.4. The Morgan fingerprint density at radius 3 is 2.11 bits per heavy atom. The molecule has 0 saturated heterocycles. The van der Waals surface area contributed by atoms with Crippen LogP contribution in [0.5, 0.6) is 0 Å². The molecule has 1 aromatic rings. The van der Waals surface area contributed by atoms with Gasteiger partial charge in [0, 0.05) is 24.7 Å². The van der Waals surface area contributed by atoms with Crippen molar-refractivity contribution in [2.24, 2.45) is 17.2 Å². The molecular weight excluding hydrogens is 496 g/mol. The fraction of sp³-hybridized carbons (Fsp3) is 0.550. The van der Waals surface area contributed by atoms with E-state index >= 15 is 0 Å². The molecule has 5 amide bonds. The number of carbonyl (C=O) groups is 6. The number of hydrogen-bond acceptors (Lipinski definition) is 9. The molecule has 1 heterocycles. The van der Waals surface area contributed by atoms with E-state index in [0.717, 1.165) is 0 Å². The van der Waals surface area contributed by atoms with Gasteiger partial charge in [-0.2, -0.15) is 11.8 Å². The molecule has 0 radical (unpaired) electrons. The van der Waals surface area contributed by atoms with Crippen LogP contribution >= 0.6 is 11.8 Å². The third-order valence-corrected chi connectivity index (χ3v) is 5.55.